The largest absolute Gasteiger partial charge is 0.458 e. The number of ether oxygens (including phenoxy) is 3. The molecule has 29 heavy (non-hydrogen) atoms. The maximum Gasteiger partial charge on any atom is 0.334 e. The van der Waals surface area contributed by atoms with Crippen LogP contribution in [0.5, 0.6) is 0 Å². The lowest BCUT2D eigenvalue weighted by atomic mass is 9.83. The fourth-order valence-corrected chi connectivity index (χ4v) is 3.36. The molecule has 1 aliphatic heterocycles. The van der Waals surface area contributed by atoms with Gasteiger partial charge in [0.05, 0.1) is 5.92 Å². The second kappa shape index (κ2) is 9.22. The van der Waals surface area contributed by atoms with Crippen molar-refractivity contribution in [1.82, 2.24) is 0 Å². The molecule has 0 radical (unpaired) electrons. The van der Waals surface area contributed by atoms with Crippen molar-refractivity contribution >= 4 is 17.9 Å². The summed E-state index contributed by atoms with van der Waals surface area (Å²) in [6.07, 6.45) is 1.71. The first-order chi connectivity index (χ1) is 13.6. The minimum absolute atomic E-state index is 0.117. The van der Waals surface area contributed by atoms with Gasteiger partial charge in [0.2, 0.25) is 0 Å². The Morgan fingerprint density at radius 1 is 1.24 bits per heavy atom. The normalized spacial score (nSPS) is 34.1. The summed E-state index contributed by atoms with van der Waals surface area (Å²) in [6.45, 7) is 11.9. The second-order valence-corrected chi connectivity index (χ2v) is 7.40. The molecule has 1 saturated heterocycles. The minimum atomic E-state index is -1.19. The van der Waals surface area contributed by atoms with Crippen LogP contribution in [0.25, 0.3) is 0 Å². The van der Waals surface area contributed by atoms with E-state index in [0.717, 1.165) is 0 Å². The Bertz CT molecular complexity index is 802. The fraction of sp³-hybridized carbons (Fsp3) is 0.500. The van der Waals surface area contributed by atoms with Crippen LogP contribution >= 0.6 is 0 Å². The third kappa shape index (κ3) is 5.03. The topological polar surface area (TPSA) is 99.1 Å². The van der Waals surface area contributed by atoms with Gasteiger partial charge in [-0.15, -0.1) is 0 Å². The van der Waals surface area contributed by atoms with Crippen LogP contribution in [-0.4, -0.2) is 47.4 Å². The van der Waals surface area contributed by atoms with Crippen molar-refractivity contribution < 1.29 is 33.7 Å². The molecule has 1 fully saturated rings. The van der Waals surface area contributed by atoms with Crippen LogP contribution in [0, 0.1) is 5.92 Å². The Kier molecular flexibility index (Phi) is 7.19. The number of allylic oxidation sites excluding steroid dienone is 1. The molecule has 0 aromatic heterocycles. The smallest absolute Gasteiger partial charge is 0.334 e. The third-order valence-corrected chi connectivity index (χ3v) is 5.29. The van der Waals surface area contributed by atoms with Gasteiger partial charge in [0.15, 0.2) is 0 Å². The zero-order valence-electron chi connectivity index (χ0n) is 17.4. The molecule has 0 amide bonds. The second-order valence-electron chi connectivity index (χ2n) is 7.40. The molecule has 1 N–H and O–H groups in total. The van der Waals surface area contributed by atoms with Gasteiger partial charge < -0.3 is 19.3 Å². The van der Waals surface area contributed by atoms with Crippen LogP contribution in [-0.2, 0) is 28.6 Å². The Labute approximate surface area is 170 Å². The molecule has 0 unspecified atom stereocenters. The first-order valence-corrected chi connectivity index (χ1v) is 9.50. The Morgan fingerprint density at radius 2 is 1.90 bits per heavy atom. The average molecular weight is 404 g/mol. The zero-order chi connectivity index (χ0) is 21.9. The SMILES string of the molecule is C=C1C(=O)O[C@@H]2/C=C(/C)[C@@H](OC(C)=O)C/C=C(\C)[C@@H](O)[C@@H](OC(=O)/C(C)=C/C)[C@@H]12. The van der Waals surface area contributed by atoms with Crippen LogP contribution in [0.1, 0.15) is 41.0 Å². The summed E-state index contributed by atoms with van der Waals surface area (Å²) in [7, 11) is 0. The number of carbonyl (C=O) groups is 3. The maximum absolute atomic E-state index is 12.4. The van der Waals surface area contributed by atoms with Crippen molar-refractivity contribution in [3.05, 3.63) is 47.1 Å². The molecule has 0 saturated carbocycles. The maximum atomic E-state index is 12.4. The van der Waals surface area contributed by atoms with Crippen molar-refractivity contribution in [2.75, 3.05) is 0 Å². The number of fused-ring (bicyclic) bond motifs is 1. The van der Waals surface area contributed by atoms with Crippen molar-refractivity contribution in [3.63, 3.8) is 0 Å². The van der Waals surface area contributed by atoms with Crippen molar-refractivity contribution in [2.24, 2.45) is 5.92 Å². The van der Waals surface area contributed by atoms with Crippen molar-refractivity contribution in [2.45, 2.75) is 65.5 Å². The number of hydrogen-bond donors (Lipinski definition) is 1. The van der Waals surface area contributed by atoms with Gasteiger partial charge in [0.1, 0.15) is 24.4 Å². The van der Waals surface area contributed by atoms with E-state index in [0.29, 0.717) is 23.1 Å². The van der Waals surface area contributed by atoms with Gasteiger partial charge in [-0.3, -0.25) is 4.79 Å². The van der Waals surface area contributed by atoms with Gasteiger partial charge in [-0.1, -0.05) is 18.7 Å². The summed E-state index contributed by atoms with van der Waals surface area (Å²) >= 11 is 0. The Hall–Kier alpha value is -2.67. The molecule has 5 atom stereocenters. The van der Waals surface area contributed by atoms with E-state index >= 15 is 0 Å². The molecule has 2 aliphatic rings. The van der Waals surface area contributed by atoms with E-state index in [4.69, 9.17) is 14.2 Å². The molecule has 0 aromatic rings. The van der Waals surface area contributed by atoms with Gasteiger partial charge in [0, 0.05) is 24.5 Å². The van der Waals surface area contributed by atoms with Gasteiger partial charge in [-0.25, -0.2) is 9.59 Å². The minimum Gasteiger partial charge on any atom is -0.458 e. The zero-order valence-corrected chi connectivity index (χ0v) is 17.4. The number of aliphatic hydroxyl groups excluding tert-OH is 1. The van der Waals surface area contributed by atoms with E-state index in [-0.39, 0.29) is 5.57 Å². The lowest BCUT2D eigenvalue weighted by Gasteiger charge is -2.32. The van der Waals surface area contributed by atoms with Crippen LogP contribution < -0.4 is 0 Å². The highest BCUT2D eigenvalue weighted by Gasteiger charge is 2.47. The molecule has 158 valence electrons. The van der Waals surface area contributed by atoms with E-state index in [1.807, 2.05) is 0 Å². The van der Waals surface area contributed by atoms with E-state index in [1.165, 1.54) is 6.92 Å². The summed E-state index contributed by atoms with van der Waals surface area (Å²) in [6, 6.07) is 0. The van der Waals surface area contributed by atoms with E-state index in [9.17, 15) is 19.5 Å². The Morgan fingerprint density at radius 3 is 2.48 bits per heavy atom. The lowest BCUT2D eigenvalue weighted by Crippen LogP contribution is -2.43. The molecule has 0 bridgehead atoms. The standard InChI is InChI=1S/C22H28O7/c1-7-11(2)21(25)29-20-18-14(5)22(26)28-17(18)10-13(4)16(27-15(6)23)9-8-12(3)19(20)24/h7-8,10,16-20,24H,5,9H2,1-4,6H3/b11-7+,12-8+,13-10-/t16-,17+,18-,19+,20-/m0/s1. The van der Waals surface area contributed by atoms with Crippen LogP contribution in [0.4, 0.5) is 0 Å². The molecular weight excluding hydrogens is 376 g/mol. The molecule has 1 heterocycles. The number of carbonyl (C=O) groups excluding carboxylic acids is 3. The molecule has 7 heteroatoms. The van der Waals surface area contributed by atoms with Gasteiger partial charge >= 0.3 is 17.9 Å². The van der Waals surface area contributed by atoms with Crippen LogP contribution in [0.3, 0.4) is 0 Å². The monoisotopic (exact) mass is 404 g/mol. The first kappa shape index (κ1) is 22.6. The molecular formula is C22H28O7. The number of hydrogen-bond acceptors (Lipinski definition) is 7. The van der Waals surface area contributed by atoms with Crippen molar-refractivity contribution in [3.8, 4) is 0 Å². The summed E-state index contributed by atoms with van der Waals surface area (Å²) in [5, 5.41) is 10.9. The lowest BCUT2D eigenvalue weighted by molar-refractivity contribution is -0.153. The highest BCUT2D eigenvalue weighted by atomic mass is 16.6. The highest BCUT2D eigenvalue weighted by Crippen LogP contribution is 2.37. The van der Waals surface area contributed by atoms with Crippen LogP contribution in [0.2, 0.25) is 0 Å². The summed E-state index contributed by atoms with van der Waals surface area (Å²) in [5.74, 6) is -2.43. The molecule has 2 rings (SSSR count). The Balaban J connectivity index is 2.52. The molecule has 0 spiro atoms. The molecule has 7 nitrogen and oxygen atoms in total. The third-order valence-electron chi connectivity index (χ3n) is 5.29. The summed E-state index contributed by atoms with van der Waals surface area (Å²) in [5.41, 5.74) is 1.71. The quantitative estimate of drug-likeness (QED) is 0.334. The highest BCUT2D eigenvalue weighted by molar-refractivity contribution is 5.92. The van der Waals surface area contributed by atoms with E-state index in [1.54, 1.807) is 45.9 Å². The predicted molar refractivity (Wildman–Crippen MR) is 106 cm³/mol. The summed E-state index contributed by atoms with van der Waals surface area (Å²) in [4.78, 5) is 36.1. The average Bonchev–Trinajstić information content (AvgIpc) is 2.93. The van der Waals surface area contributed by atoms with E-state index < -0.39 is 48.2 Å². The van der Waals surface area contributed by atoms with Gasteiger partial charge in [-0.2, -0.15) is 0 Å². The van der Waals surface area contributed by atoms with Crippen LogP contribution in [0.15, 0.2) is 47.1 Å². The van der Waals surface area contributed by atoms with Gasteiger partial charge in [-0.05, 0) is 44.9 Å². The predicted octanol–water partition coefficient (Wildman–Crippen LogP) is 2.55. The van der Waals surface area contributed by atoms with E-state index in [2.05, 4.69) is 6.58 Å². The summed E-state index contributed by atoms with van der Waals surface area (Å²) < 4.78 is 16.4. The fourth-order valence-electron chi connectivity index (χ4n) is 3.36. The molecule has 1 aliphatic carbocycles. The first-order valence-electron chi connectivity index (χ1n) is 9.50. The number of esters is 3. The number of aliphatic hydroxyl groups is 1. The number of rotatable bonds is 3. The van der Waals surface area contributed by atoms with Gasteiger partial charge in [0.25, 0.3) is 0 Å². The van der Waals surface area contributed by atoms with Crippen molar-refractivity contribution in [1.29, 1.82) is 0 Å². The molecule has 0 aromatic carbocycles.